The molecule has 0 saturated carbocycles. The number of carbonyl (C=O) groups is 10. The number of amides is 7. The van der Waals surface area contributed by atoms with Crippen molar-refractivity contribution in [2.45, 2.75) is 108 Å². The predicted molar refractivity (Wildman–Crippen MR) is 284 cm³/mol. The van der Waals surface area contributed by atoms with Crippen LogP contribution in [0.2, 0.25) is 0 Å². The van der Waals surface area contributed by atoms with E-state index in [1.807, 2.05) is 0 Å². The van der Waals surface area contributed by atoms with Crippen molar-refractivity contribution < 1.29 is 77.1 Å². The van der Waals surface area contributed by atoms with Crippen LogP contribution < -0.4 is 42.8 Å². The second-order valence-electron chi connectivity index (χ2n) is 20.1. The maximum Gasteiger partial charge on any atom is 0.343 e. The summed E-state index contributed by atoms with van der Waals surface area (Å²) >= 11 is 0. The summed E-state index contributed by atoms with van der Waals surface area (Å²) in [4.78, 5) is 147. The number of carbonyl (C=O) groups excluding carboxylic acids is 8. The Kier molecular flexibility index (Phi) is 18.2. The van der Waals surface area contributed by atoms with Crippen LogP contribution in [0.4, 0.5) is 4.39 Å². The van der Waals surface area contributed by atoms with Gasteiger partial charge in [0.1, 0.15) is 43.4 Å². The third-order valence-electron chi connectivity index (χ3n) is 14.9. The quantitative estimate of drug-likeness (QED) is 0.0244. The fourth-order valence-electron chi connectivity index (χ4n) is 10.4. The molecule has 5 heterocycles. The topological polar surface area (TPSA) is 372 Å². The fraction of sp³-hybridized carbons (Fsp3) is 0.418. The van der Waals surface area contributed by atoms with Crippen LogP contribution in [-0.4, -0.2) is 153 Å². The average molecular weight is 1140 g/mol. The van der Waals surface area contributed by atoms with E-state index in [2.05, 4.69) is 37.2 Å². The Hall–Kier alpha value is -8.95. The van der Waals surface area contributed by atoms with Gasteiger partial charge in [-0.25, -0.2) is 14.2 Å². The van der Waals surface area contributed by atoms with Gasteiger partial charge in [0.15, 0.2) is 5.60 Å². The molecule has 0 fully saturated rings. The van der Waals surface area contributed by atoms with Gasteiger partial charge < -0.3 is 71.5 Å². The van der Waals surface area contributed by atoms with Gasteiger partial charge in [-0.3, -0.25) is 47.9 Å². The number of esters is 1. The van der Waals surface area contributed by atoms with Crippen molar-refractivity contribution >= 4 is 70.2 Å². The first-order chi connectivity index (χ1) is 39.1. The van der Waals surface area contributed by atoms with Crippen molar-refractivity contribution in [3.05, 3.63) is 110 Å². The molecule has 0 spiro atoms. The molecule has 10 N–H and O–H groups in total. The summed E-state index contributed by atoms with van der Waals surface area (Å²) in [5.41, 5.74) is 1.56. The number of ether oxygens (including phenoxy) is 2. The van der Waals surface area contributed by atoms with E-state index in [9.17, 15) is 63.0 Å². The molecule has 3 aliphatic heterocycles. The molecule has 6 atom stereocenters. The number of benzene rings is 2. The minimum atomic E-state index is -2.07. The lowest BCUT2D eigenvalue weighted by Gasteiger charge is -2.31. The van der Waals surface area contributed by atoms with Crippen LogP contribution in [-0.2, 0) is 89.0 Å². The van der Waals surface area contributed by atoms with Gasteiger partial charge in [0.05, 0.1) is 54.7 Å². The number of rotatable bonds is 25. The lowest BCUT2D eigenvalue weighted by molar-refractivity contribution is -0.172. The number of nitrogens with zero attached hydrogens (tertiary/aromatic N) is 3. The third kappa shape index (κ3) is 12.8. The molecule has 7 amide bonds. The van der Waals surface area contributed by atoms with E-state index in [0.717, 1.165) is 4.90 Å². The number of carboxylic acids is 2. The highest BCUT2D eigenvalue weighted by atomic mass is 19.1. The van der Waals surface area contributed by atoms with Crippen LogP contribution in [0.3, 0.4) is 0 Å². The molecule has 4 aromatic rings. The maximum atomic E-state index is 15.4. The molecule has 0 radical (unpaired) electrons. The Labute approximate surface area is 466 Å². The number of halogens is 1. The van der Waals surface area contributed by atoms with Crippen LogP contribution in [0.5, 0.6) is 0 Å². The third-order valence-corrected chi connectivity index (χ3v) is 14.9. The van der Waals surface area contributed by atoms with E-state index in [1.54, 1.807) is 50.2 Å². The fourth-order valence-corrected chi connectivity index (χ4v) is 10.4. The number of cyclic esters (lactones) is 1. The van der Waals surface area contributed by atoms with Crippen LogP contribution in [0.15, 0.2) is 59.4 Å². The minimum Gasteiger partial charge on any atom is -0.481 e. The Balaban J connectivity index is 0.838. The standard InChI is InChI=1S/C55H61FN10O16/c1-4-55(80)33-18-39-48-31(24-66(39)52(76)32(33)25-81-54(55)79)47-35(13-12-30-27(2)34(56)19-37(63-48)46(30)47)64-49(73)28(3)82-26-61-42(68)22-59-50(74)38(17-29-9-6-5-7-10-29)62-43(69)23-58-41(67)21-60-51(75)40(65-16-8-11-44(65)70)20-57-36(53(77)78)14-15-45(71)72/h5-11,18-19,28,35-36,38,40,57,80H,4,12-17,20-26H2,1-3H3,(H,58,67)(H,59,74)(H,60,75)(H,61,68)(H,62,69)(H,64,73)(H,71,72)(H,77,78)/t28-,35+,36?,38+,40?,55+/m1/s1. The van der Waals surface area contributed by atoms with Gasteiger partial charge in [-0.05, 0) is 67.9 Å². The number of aromatic nitrogens is 2. The van der Waals surface area contributed by atoms with Crippen molar-refractivity contribution in [3.63, 3.8) is 0 Å². The smallest absolute Gasteiger partial charge is 0.343 e. The largest absolute Gasteiger partial charge is 0.481 e. The summed E-state index contributed by atoms with van der Waals surface area (Å²) in [6.45, 7) is 1.60. The molecule has 2 unspecified atom stereocenters. The number of aliphatic carboxylic acids is 2. The Bertz CT molecular complexity index is 3370. The zero-order chi connectivity index (χ0) is 59.2. The molecular formula is C55H61FN10O16. The van der Waals surface area contributed by atoms with E-state index in [0.29, 0.717) is 57.4 Å². The number of nitrogens with one attached hydrogen (secondary N) is 7. The first-order valence-electron chi connectivity index (χ1n) is 26.4. The molecule has 2 aromatic carbocycles. The monoisotopic (exact) mass is 1140 g/mol. The zero-order valence-corrected chi connectivity index (χ0v) is 44.9. The summed E-state index contributed by atoms with van der Waals surface area (Å²) in [6.07, 6.45) is 1.34. The van der Waals surface area contributed by atoms with Crippen molar-refractivity contribution in [2.24, 2.45) is 0 Å². The number of aliphatic hydroxyl groups is 1. The van der Waals surface area contributed by atoms with Crippen molar-refractivity contribution in [1.82, 2.24) is 51.7 Å². The SMILES string of the molecule is CC[C@@]1(O)C(=O)OCc2c1cc1n(c2=O)Cc2c-1nc1cc(F)c(C)c3c1c2[C@@H](NC(=O)[C@@H](C)OCNC(=O)CNC(=O)[C@H](Cc1ccccc1)NC(=O)CNC(=O)CNC(=O)C(CNC(CCC(=O)O)C(=O)O)N1CC=CC1=O)CC3. The highest BCUT2D eigenvalue weighted by molar-refractivity contribution is 5.97. The maximum absolute atomic E-state index is 15.4. The minimum absolute atomic E-state index is 0.00170. The van der Waals surface area contributed by atoms with Gasteiger partial charge in [-0.1, -0.05) is 43.3 Å². The Morgan fingerprint density at radius 1 is 0.890 bits per heavy atom. The summed E-state index contributed by atoms with van der Waals surface area (Å²) in [6, 6.07) is 6.81. The molecule has 434 valence electrons. The van der Waals surface area contributed by atoms with E-state index >= 15 is 4.39 Å². The second-order valence-corrected chi connectivity index (χ2v) is 20.1. The van der Waals surface area contributed by atoms with Crippen molar-refractivity contribution in [2.75, 3.05) is 39.5 Å². The number of aryl methyl sites for hydroxylation is 1. The highest BCUT2D eigenvalue weighted by Crippen LogP contribution is 2.46. The van der Waals surface area contributed by atoms with Crippen molar-refractivity contribution in [1.29, 1.82) is 0 Å². The van der Waals surface area contributed by atoms with Gasteiger partial charge in [0.2, 0.25) is 41.4 Å². The van der Waals surface area contributed by atoms with Gasteiger partial charge in [0, 0.05) is 54.6 Å². The molecule has 26 nitrogen and oxygen atoms in total. The average Bonchev–Trinajstić information content (AvgIpc) is 1.67. The van der Waals surface area contributed by atoms with E-state index in [1.165, 1.54) is 29.7 Å². The molecule has 82 heavy (non-hydrogen) atoms. The number of hydrogen-bond donors (Lipinski definition) is 10. The normalized spacial score (nSPS) is 18.0. The first kappa shape index (κ1) is 59.2. The molecule has 27 heteroatoms. The van der Waals surface area contributed by atoms with Crippen LogP contribution in [0.25, 0.3) is 22.3 Å². The van der Waals surface area contributed by atoms with Crippen LogP contribution in [0.1, 0.15) is 84.5 Å². The van der Waals surface area contributed by atoms with Gasteiger partial charge >= 0.3 is 17.9 Å². The number of hydrogen-bond acceptors (Lipinski definition) is 16. The lowest BCUT2D eigenvalue weighted by Crippen LogP contribution is -2.56. The molecule has 0 saturated heterocycles. The zero-order valence-electron chi connectivity index (χ0n) is 44.9. The van der Waals surface area contributed by atoms with Gasteiger partial charge in [-0.15, -0.1) is 0 Å². The van der Waals surface area contributed by atoms with Crippen LogP contribution in [0, 0.1) is 12.7 Å². The Morgan fingerprint density at radius 2 is 1.60 bits per heavy atom. The molecule has 4 aliphatic rings. The predicted octanol–water partition coefficient (Wildman–Crippen LogP) is -1.14. The second kappa shape index (κ2) is 25.2. The number of carboxylic acid groups (broad SMARTS) is 2. The Morgan fingerprint density at radius 3 is 2.28 bits per heavy atom. The van der Waals surface area contributed by atoms with E-state index < -0.39 is 146 Å². The van der Waals surface area contributed by atoms with Crippen LogP contribution >= 0.6 is 0 Å². The van der Waals surface area contributed by atoms with E-state index in [-0.39, 0.29) is 55.6 Å². The summed E-state index contributed by atoms with van der Waals surface area (Å²) in [7, 11) is 0. The molecule has 8 rings (SSSR count). The first-order valence-corrected chi connectivity index (χ1v) is 26.4. The van der Waals surface area contributed by atoms with E-state index in [4.69, 9.17) is 19.6 Å². The molecule has 2 aromatic heterocycles. The molecule has 1 aliphatic carbocycles. The van der Waals surface area contributed by atoms with Gasteiger partial charge in [0.25, 0.3) is 5.56 Å². The van der Waals surface area contributed by atoms with Crippen molar-refractivity contribution in [3.8, 4) is 11.4 Å². The summed E-state index contributed by atoms with van der Waals surface area (Å²) < 4.78 is 27.8. The highest BCUT2D eigenvalue weighted by Gasteiger charge is 2.46. The van der Waals surface area contributed by atoms with Gasteiger partial charge in [-0.2, -0.15) is 0 Å². The molecular weight excluding hydrogens is 1080 g/mol. The molecule has 0 bridgehead atoms. The summed E-state index contributed by atoms with van der Waals surface area (Å²) in [5.74, 6) is -9.13. The lowest BCUT2D eigenvalue weighted by atomic mass is 9.81. The number of fused-ring (bicyclic) bond motifs is 5. The summed E-state index contributed by atoms with van der Waals surface area (Å²) in [5, 5.41) is 48.3. The number of pyridine rings is 2.